The Morgan fingerprint density at radius 2 is 1.14 bits per heavy atom. The Kier molecular flexibility index (Phi) is 5.82. The first-order chi connectivity index (χ1) is 10.1. The van der Waals surface area contributed by atoms with Crippen LogP contribution in [0.4, 0.5) is 31.1 Å². The number of ether oxygens (including phenoxy) is 4. The molecule has 0 N–H and O–H groups in total. The first-order valence-corrected chi connectivity index (χ1v) is 5.26. The summed E-state index contributed by atoms with van der Waals surface area (Å²) in [5, 5.41) is 0. The third-order valence-electron chi connectivity index (χ3n) is 2.04. The third-order valence-corrected chi connectivity index (χ3v) is 2.04. The molecule has 1 rings (SSSR count). The smallest absolute Gasteiger partial charge is 0.422 e. The molecule has 0 spiro atoms. The number of rotatable bonds is 6. The largest absolute Gasteiger partial charge is 0.510 e. The molecule has 1 fully saturated rings. The lowest BCUT2D eigenvalue weighted by molar-refractivity contribution is -0.192. The molecule has 0 radical (unpaired) electrons. The van der Waals surface area contributed by atoms with Gasteiger partial charge in [-0.25, -0.2) is 31.9 Å². The molecule has 0 aromatic carbocycles. The molecule has 13 heteroatoms. The molecule has 7 nitrogen and oxygen atoms in total. The van der Waals surface area contributed by atoms with Crippen molar-refractivity contribution in [2.75, 3.05) is 0 Å². The number of alkyl halides is 6. The van der Waals surface area contributed by atoms with Gasteiger partial charge in [0.1, 0.15) is 0 Å². The van der Waals surface area contributed by atoms with E-state index < -0.39 is 55.9 Å². The summed E-state index contributed by atoms with van der Waals surface area (Å²) in [4.78, 5) is 33.2. The van der Waals surface area contributed by atoms with Crippen LogP contribution in [-0.2, 0) is 28.5 Å². The molecule has 0 aliphatic carbocycles. The second-order valence-electron chi connectivity index (χ2n) is 3.57. The number of esters is 2. The number of carbonyl (C=O) groups is 3. The highest BCUT2D eigenvalue weighted by Gasteiger charge is 2.50. The predicted molar refractivity (Wildman–Crippen MR) is 49.1 cm³/mol. The van der Waals surface area contributed by atoms with Crippen molar-refractivity contribution in [3.05, 3.63) is 0 Å². The molecule has 0 saturated carbocycles. The van der Waals surface area contributed by atoms with Crippen LogP contribution in [0, 0.1) is 0 Å². The number of hydrogen-bond acceptors (Lipinski definition) is 7. The fraction of sp³-hybridized carbons (Fsp3) is 0.667. The van der Waals surface area contributed by atoms with E-state index in [1.54, 1.807) is 0 Å². The molecule has 4 unspecified atom stereocenters. The Labute approximate surface area is 117 Å². The van der Waals surface area contributed by atoms with Crippen molar-refractivity contribution in [1.82, 2.24) is 0 Å². The fourth-order valence-corrected chi connectivity index (χ4v) is 1.16. The van der Waals surface area contributed by atoms with Crippen LogP contribution in [0.2, 0.25) is 0 Å². The zero-order valence-corrected chi connectivity index (χ0v) is 10.1. The van der Waals surface area contributed by atoms with Crippen LogP contribution in [0.1, 0.15) is 0 Å². The lowest BCUT2D eigenvalue weighted by Crippen LogP contribution is -2.42. The van der Waals surface area contributed by atoms with E-state index in [2.05, 4.69) is 18.9 Å². The summed E-state index contributed by atoms with van der Waals surface area (Å²) in [7, 11) is 0. The van der Waals surface area contributed by atoms with E-state index in [1.807, 2.05) is 0 Å². The van der Waals surface area contributed by atoms with Gasteiger partial charge in [-0.05, 0) is 0 Å². The van der Waals surface area contributed by atoms with Crippen molar-refractivity contribution >= 4 is 18.1 Å². The minimum Gasteiger partial charge on any atom is -0.422 e. The minimum atomic E-state index is -3.73. The Morgan fingerprint density at radius 1 is 0.818 bits per heavy atom. The Bertz CT molecular complexity index is 406. The van der Waals surface area contributed by atoms with E-state index in [1.165, 1.54) is 0 Å². The predicted octanol–water partition coefficient (Wildman–Crippen LogP) is 1.10. The van der Waals surface area contributed by atoms with Gasteiger partial charge in [0, 0.05) is 0 Å². The molecule has 126 valence electrons. The lowest BCUT2D eigenvalue weighted by atomic mass is 10.2. The van der Waals surface area contributed by atoms with Crippen LogP contribution in [0.5, 0.6) is 0 Å². The maximum absolute atomic E-state index is 12.5. The van der Waals surface area contributed by atoms with Crippen LogP contribution in [0.25, 0.3) is 0 Å². The third kappa shape index (κ3) is 4.39. The van der Waals surface area contributed by atoms with Crippen molar-refractivity contribution in [1.29, 1.82) is 0 Å². The molecule has 1 aliphatic rings. The van der Waals surface area contributed by atoms with Gasteiger partial charge in [0.15, 0.2) is 0 Å². The van der Waals surface area contributed by atoms with Gasteiger partial charge in [0.2, 0.25) is 12.2 Å². The van der Waals surface area contributed by atoms with Gasteiger partial charge in [-0.15, -0.1) is 0 Å². The minimum absolute atomic E-state index is 1.70. The van der Waals surface area contributed by atoms with Crippen molar-refractivity contribution in [3.8, 4) is 0 Å². The van der Waals surface area contributed by atoms with E-state index >= 15 is 0 Å². The molecule has 4 atom stereocenters. The van der Waals surface area contributed by atoms with E-state index in [0.29, 0.717) is 0 Å². The van der Waals surface area contributed by atoms with E-state index in [-0.39, 0.29) is 0 Å². The van der Waals surface area contributed by atoms with Gasteiger partial charge >= 0.3 is 43.7 Å². The van der Waals surface area contributed by atoms with Crippen LogP contribution in [0.15, 0.2) is 0 Å². The summed E-state index contributed by atoms with van der Waals surface area (Å²) in [5.41, 5.74) is 0. The first kappa shape index (κ1) is 17.8. The maximum atomic E-state index is 12.5. The van der Waals surface area contributed by atoms with Crippen LogP contribution in [-0.4, -0.2) is 55.9 Å². The maximum Gasteiger partial charge on any atom is 0.510 e. The highest BCUT2D eigenvalue weighted by atomic mass is 19.3. The van der Waals surface area contributed by atoms with Gasteiger partial charge in [-0.2, -0.15) is 8.78 Å². The second-order valence-corrected chi connectivity index (χ2v) is 3.57. The van der Waals surface area contributed by atoms with Gasteiger partial charge in [0.05, 0.1) is 0 Å². The monoisotopic (exact) mass is 340 g/mol. The van der Waals surface area contributed by atoms with Gasteiger partial charge in [-0.1, -0.05) is 0 Å². The molecule has 22 heavy (non-hydrogen) atoms. The highest BCUT2D eigenvalue weighted by Crippen LogP contribution is 2.21. The molecule has 0 bridgehead atoms. The summed E-state index contributed by atoms with van der Waals surface area (Å²) in [6, 6.07) is 0. The molecule has 1 aliphatic heterocycles. The van der Waals surface area contributed by atoms with Crippen molar-refractivity contribution in [3.63, 3.8) is 0 Å². The first-order valence-electron chi connectivity index (χ1n) is 5.26. The summed E-state index contributed by atoms with van der Waals surface area (Å²) in [6.07, 6.45) is -20.8. The van der Waals surface area contributed by atoms with Gasteiger partial charge in [-0.3, -0.25) is 0 Å². The van der Waals surface area contributed by atoms with Gasteiger partial charge in [0.25, 0.3) is 0 Å². The standard InChI is InChI=1S/C9H6F6O7/c10-3(11)5(14)21-7(16)1-2(20-9(18)19-1)8(17)22-6(15)4(12)13/h1-6H. The Hall–Kier alpha value is -2.21. The normalized spacial score (nSPS) is 23.7. The quantitative estimate of drug-likeness (QED) is 0.406. The summed E-state index contributed by atoms with van der Waals surface area (Å²) in [6.45, 7) is 0. The van der Waals surface area contributed by atoms with Crippen molar-refractivity contribution in [2.45, 2.75) is 37.8 Å². The molecule has 0 aromatic rings. The number of carbonyl (C=O) groups excluding carboxylic acids is 3. The molecule has 0 amide bonds. The average Bonchev–Trinajstić information content (AvgIpc) is 2.80. The van der Waals surface area contributed by atoms with Gasteiger partial charge < -0.3 is 18.9 Å². The molecule has 0 aromatic heterocycles. The molecular weight excluding hydrogens is 334 g/mol. The highest BCUT2D eigenvalue weighted by molar-refractivity contribution is 5.90. The fourth-order valence-electron chi connectivity index (χ4n) is 1.16. The molecule has 1 heterocycles. The zero-order chi connectivity index (χ0) is 17.0. The average molecular weight is 340 g/mol. The number of hydrogen-bond donors (Lipinski definition) is 0. The van der Waals surface area contributed by atoms with E-state index in [4.69, 9.17) is 0 Å². The second kappa shape index (κ2) is 7.17. The van der Waals surface area contributed by atoms with Crippen LogP contribution in [0.3, 0.4) is 0 Å². The Morgan fingerprint density at radius 3 is 1.41 bits per heavy atom. The number of cyclic esters (lactones) is 2. The van der Waals surface area contributed by atoms with E-state index in [0.717, 1.165) is 0 Å². The van der Waals surface area contributed by atoms with Crippen molar-refractivity contribution in [2.24, 2.45) is 0 Å². The number of halogens is 6. The summed E-state index contributed by atoms with van der Waals surface area (Å²) < 4.78 is 87.5. The van der Waals surface area contributed by atoms with Crippen LogP contribution < -0.4 is 0 Å². The Balaban J connectivity index is 2.74. The molecule has 1 saturated heterocycles. The lowest BCUT2D eigenvalue weighted by Gasteiger charge is -2.16. The van der Waals surface area contributed by atoms with Crippen LogP contribution >= 0.6 is 0 Å². The topological polar surface area (TPSA) is 88.1 Å². The van der Waals surface area contributed by atoms with Crippen molar-refractivity contribution < 1.29 is 59.7 Å². The molecular formula is C9H6F6O7. The summed E-state index contributed by atoms with van der Waals surface area (Å²) in [5.74, 6) is -3.96. The summed E-state index contributed by atoms with van der Waals surface area (Å²) >= 11 is 0. The zero-order valence-electron chi connectivity index (χ0n) is 10.1. The van der Waals surface area contributed by atoms with E-state index in [9.17, 15) is 40.7 Å². The SMILES string of the molecule is O=C1OC(C(=O)OC(F)C(F)F)C(C(=O)OC(F)C(F)F)O1.